The van der Waals surface area contributed by atoms with Crippen molar-refractivity contribution >= 4 is 12.3 Å². The van der Waals surface area contributed by atoms with Gasteiger partial charge in [-0.15, -0.1) is 0 Å². The number of aliphatic imine (C=N–C) groups is 2. The van der Waals surface area contributed by atoms with E-state index in [-0.39, 0.29) is 11.5 Å². The summed E-state index contributed by atoms with van der Waals surface area (Å²) in [5.41, 5.74) is 10.6. The zero-order valence-electron chi connectivity index (χ0n) is 10.6. The molecule has 1 aromatic carbocycles. The van der Waals surface area contributed by atoms with Crippen molar-refractivity contribution in [1.29, 1.82) is 0 Å². The number of halogens is 2. The Bertz CT molecular complexity index is 567. The van der Waals surface area contributed by atoms with Gasteiger partial charge in [0.15, 0.2) is 17.6 Å². The fourth-order valence-corrected chi connectivity index (χ4v) is 1.93. The average molecular weight is 267 g/mol. The van der Waals surface area contributed by atoms with E-state index in [1.165, 1.54) is 18.5 Å². The highest BCUT2D eigenvalue weighted by Crippen LogP contribution is 2.37. The first-order valence-corrected chi connectivity index (χ1v) is 5.67. The minimum absolute atomic E-state index is 0.0717. The molecule has 5 N–H and O–H groups in total. The number of nitrogens with zero attached hydrogens (tertiary/aromatic N) is 2. The Morgan fingerprint density at radius 2 is 2.00 bits per heavy atom. The lowest BCUT2D eigenvalue weighted by Crippen LogP contribution is -2.57. The maximum atomic E-state index is 13.9. The lowest BCUT2D eigenvalue weighted by Gasteiger charge is -2.39. The number of nitrogens with one attached hydrogen (secondary N) is 1. The van der Waals surface area contributed by atoms with Crippen LogP contribution in [-0.2, 0) is 5.41 Å². The van der Waals surface area contributed by atoms with Crippen molar-refractivity contribution < 1.29 is 8.78 Å². The Kier molecular flexibility index (Phi) is 3.01. The summed E-state index contributed by atoms with van der Waals surface area (Å²) in [5, 5.41) is 2.57. The molecule has 1 aliphatic heterocycles. The topological polar surface area (TPSA) is 88.8 Å². The second kappa shape index (κ2) is 4.27. The standard InChI is InChI=1S/C12H15F2N5/c1-11(2,7-4-3-5-8(13)9(7)14)12(16)18-6-17-10(15)19-12/h3-6H,16H2,1-2H3,(H3,15,17,18,19). The Hall–Kier alpha value is -2.02. The van der Waals surface area contributed by atoms with Crippen LogP contribution in [0.25, 0.3) is 0 Å². The van der Waals surface area contributed by atoms with Crippen molar-refractivity contribution in [2.75, 3.05) is 0 Å². The van der Waals surface area contributed by atoms with E-state index in [4.69, 9.17) is 11.5 Å². The van der Waals surface area contributed by atoms with E-state index in [1.54, 1.807) is 13.8 Å². The first-order valence-electron chi connectivity index (χ1n) is 5.67. The van der Waals surface area contributed by atoms with Crippen LogP contribution in [0.5, 0.6) is 0 Å². The number of guanidine groups is 1. The fourth-order valence-electron chi connectivity index (χ4n) is 1.93. The molecule has 1 unspecified atom stereocenters. The molecule has 1 aliphatic rings. The Morgan fingerprint density at radius 1 is 1.32 bits per heavy atom. The molecule has 0 aliphatic carbocycles. The molecule has 1 atom stereocenters. The molecule has 0 fully saturated rings. The molecule has 0 aromatic heterocycles. The van der Waals surface area contributed by atoms with Gasteiger partial charge in [0.25, 0.3) is 0 Å². The van der Waals surface area contributed by atoms with Crippen molar-refractivity contribution in [3.05, 3.63) is 35.4 Å². The quantitative estimate of drug-likeness (QED) is 0.740. The van der Waals surface area contributed by atoms with Crippen LogP contribution >= 0.6 is 0 Å². The van der Waals surface area contributed by atoms with Crippen LogP contribution in [0.3, 0.4) is 0 Å². The second-order valence-electron chi connectivity index (χ2n) is 4.85. The molecule has 19 heavy (non-hydrogen) atoms. The Morgan fingerprint density at radius 3 is 2.63 bits per heavy atom. The predicted octanol–water partition coefficient (Wildman–Crippen LogP) is 0.801. The smallest absolute Gasteiger partial charge is 0.216 e. The molecule has 0 saturated heterocycles. The first-order chi connectivity index (χ1) is 8.78. The monoisotopic (exact) mass is 267 g/mol. The van der Waals surface area contributed by atoms with Gasteiger partial charge in [0.2, 0.25) is 5.79 Å². The molecular weight excluding hydrogens is 252 g/mol. The first kappa shape index (κ1) is 13.4. The van der Waals surface area contributed by atoms with E-state index in [1.807, 2.05) is 0 Å². The summed E-state index contributed by atoms with van der Waals surface area (Å²) in [4.78, 5) is 8.02. The average Bonchev–Trinajstić information content (AvgIpc) is 2.32. The van der Waals surface area contributed by atoms with Crippen molar-refractivity contribution in [3.63, 3.8) is 0 Å². The highest BCUT2D eigenvalue weighted by Gasteiger charge is 2.46. The Labute approximate surface area is 109 Å². The molecule has 7 heteroatoms. The van der Waals surface area contributed by atoms with Gasteiger partial charge in [-0.2, -0.15) is 0 Å². The molecule has 0 amide bonds. The number of rotatable bonds is 2. The summed E-state index contributed by atoms with van der Waals surface area (Å²) in [6.45, 7) is 3.26. The largest absolute Gasteiger partial charge is 0.370 e. The van der Waals surface area contributed by atoms with Crippen molar-refractivity contribution in [1.82, 2.24) is 5.32 Å². The van der Waals surface area contributed by atoms with Gasteiger partial charge in [0.05, 0.1) is 11.8 Å². The lowest BCUT2D eigenvalue weighted by molar-refractivity contribution is 0.264. The highest BCUT2D eigenvalue weighted by molar-refractivity contribution is 5.90. The third-order valence-corrected chi connectivity index (χ3v) is 3.31. The zero-order chi connectivity index (χ0) is 14.3. The molecule has 1 heterocycles. The SMILES string of the molecule is CC(C)(c1cccc(F)c1F)C1(N)N=CNC(N)=N1. The minimum Gasteiger partial charge on any atom is -0.370 e. The van der Waals surface area contributed by atoms with Crippen molar-refractivity contribution in [2.45, 2.75) is 25.0 Å². The number of hydrogen-bond acceptors (Lipinski definition) is 5. The van der Waals surface area contributed by atoms with Crippen LogP contribution in [0.2, 0.25) is 0 Å². The summed E-state index contributed by atoms with van der Waals surface area (Å²) in [7, 11) is 0. The van der Waals surface area contributed by atoms with Gasteiger partial charge in [-0.05, 0) is 6.07 Å². The van der Waals surface area contributed by atoms with Gasteiger partial charge >= 0.3 is 0 Å². The summed E-state index contributed by atoms with van der Waals surface area (Å²) < 4.78 is 27.3. The summed E-state index contributed by atoms with van der Waals surface area (Å²) >= 11 is 0. The second-order valence-corrected chi connectivity index (χ2v) is 4.85. The lowest BCUT2D eigenvalue weighted by atomic mass is 9.77. The van der Waals surface area contributed by atoms with Crippen molar-refractivity contribution in [2.24, 2.45) is 21.5 Å². The number of nitrogens with two attached hydrogens (primary N) is 2. The van der Waals surface area contributed by atoms with E-state index in [0.29, 0.717) is 0 Å². The molecule has 0 bridgehead atoms. The maximum absolute atomic E-state index is 13.9. The summed E-state index contributed by atoms with van der Waals surface area (Å²) in [5.74, 6) is -3.33. The maximum Gasteiger partial charge on any atom is 0.216 e. The number of hydrogen-bond donors (Lipinski definition) is 3. The van der Waals surface area contributed by atoms with E-state index < -0.39 is 22.8 Å². The van der Waals surface area contributed by atoms with E-state index in [0.717, 1.165) is 6.07 Å². The van der Waals surface area contributed by atoms with Gasteiger partial charge < -0.3 is 11.1 Å². The van der Waals surface area contributed by atoms with Crippen molar-refractivity contribution in [3.8, 4) is 0 Å². The molecule has 2 rings (SSSR count). The third-order valence-electron chi connectivity index (χ3n) is 3.31. The summed E-state index contributed by atoms with van der Waals surface area (Å²) in [6.07, 6.45) is 1.29. The third kappa shape index (κ3) is 2.06. The van der Waals surface area contributed by atoms with E-state index >= 15 is 0 Å². The van der Waals surface area contributed by atoms with Gasteiger partial charge in [0.1, 0.15) is 0 Å². The van der Waals surface area contributed by atoms with Crippen LogP contribution in [-0.4, -0.2) is 18.1 Å². The normalized spacial score (nSPS) is 22.9. The Balaban J connectivity index is 2.56. The molecule has 0 saturated carbocycles. The molecule has 0 spiro atoms. The van der Waals surface area contributed by atoms with Crippen LogP contribution in [0.15, 0.2) is 28.2 Å². The van der Waals surface area contributed by atoms with Crippen LogP contribution < -0.4 is 16.8 Å². The van der Waals surface area contributed by atoms with Crippen LogP contribution in [0.1, 0.15) is 19.4 Å². The molecule has 0 radical (unpaired) electrons. The minimum atomic E-state index is -1.50. The molecular formula is C12H15F2N5. The van der Waals surface area contributed by atoms with Gasteiger partial charge in [-0.25, -0.2) is 18.8 Å². The highest BCUT2D eigenvalue weighted by atomic mass is 19.2. The van der Waals surface area contributed by atoms with Gasteiger partial charge in [0, 0.05) is 5.56 Å². The zero-order valence-corrected chi connectivity index (χ0v) is 10.6. The predicted molar refractivity (Wildman–Crippen MR) is 69.6 cm³/mol. The molecule has 1 aromatic rings. The van der Waals surface area contributed by atoms with Crippen LogP contribution in [0.4, 0.5) is 8.78 Å². The van der Waals surface area contributed by atoms with E-state index in [9.17, 15) is 8.78 Å². The fraction of sp³-hybridized carbons (Fsp3) is 0.333. The van der Waals surface area contributed by atoms with Crippen LogP contribution in [0, 0.1) is 11.6 Å². The number of benzene rings is 1. The molecule has 5 nitrogen and oxygen atoms in total. The van der Waals surface area contributed by atoms with Gasteiger partial charge in [-0.1, -0.05) is 26.0 Å². The summed E-state index contributed by atoms with van der Waals surface area (Å²) in [6, 6.07) is 3.91. The molecule has 102 valence electrons. The van der Waals surface area contributed by atoms with E-state index in [2.05, 4.69) is 15.3 Å². The van der Waals surface area contributed by atoms with Gasteiger partial charge in [-0.3, -0.25) is 5.73 Å².